The van der Waals surface area contributed by atoms with Crippen LogP contribution in [0.5, 0.6) is 0 Å². The van der Waals surface area contributed by atoms with E-state index in [0.717, 1.165) is 12.8 Å². The molecule has 0 aliphatic carbocycles. The molecule has 0 aromatic carbocycles. The summed E-state index contributed by atoms with van der Waals surface area (Å²) in [6, 6.07) is 0. The number of hydrogen-bond donors (Lipinski definition) is 0. The summed E-state index contributed by atoms with van der Waals surface area (Å²) in [5.74, 6) is 0. The van der Waals surface area contributed by atoms with Gasteiger partial charge < -0.3 is 9.04 Å². The highest BCUT2D eigenvalue weighted by atomic mass is 32.3. The van der Waals surface area contributed by atoms with Crippen molar-refractivity contribution in [2.45, 2.75) is 207 Å². The fourth-order valence-corrected chi connectivity index (χ4v) is 6.23. The Morgan fingerprint density at radius 3 is 0.907 bits per heavy atom. The Morgan fingerprint density at radius 1 is 0.419 bits per heavy atom. The second kappa shape index (κ2) is 34.7. The number of quaternary nitrogens is 1. The third-order valence-corrected chi connectivity index (χ3v) is 9.34. The fourth-order valence-electron chi connectivity index (χ4n) is 5.91. The minimum atomic E-state index is -4.48. The van der Waals surface area contributed by atoms with E-state index in [1.165, 1.54) is 185 Å². The molecule has 0 aliphatic heterocycles. The summed E-state index contributed by atoms with van der Waals surface area (Å²) in [6.45, 7) is 13.5. The molecule has 5 nitrogen and oxygen atoms in total. The molecule has 0 aliphatic rings. The molecule has 0 spiro atoms. The molecular formula is C37H79NO4S. The SMILES string of the molecule is CCCCCCCCCCCCOS(=O)(=O)[O-].CCCCCCCC[N+](C)(CCCCCCCC)CCCCCCCC. The largest absolute Gasteiger partial charge is 0.726 e. The first-order valence-electron chi connectivity index (χ1n) is 19.2. The van der Waals surface area contributed by atoms with Gasteiger partial charge in [0.25, 0.3) is 0 Å². The molecule has 0 aromatic rings. The van der Waals surface area contributed by atoms with Crippen molar-refractivity contribution in [1.29, 1.82) is 0 Å². The molecule has 0 radical (unpaired) electrons. The normalized spacial score (nSPS) is 12.0. The summed E-state index contributed by atoms with van der Waals surface area (Å²) in [6.07, 6.45) is 37.6. The smallest absolute Gasteiger partial charge is 0.217 e. The lowest BCUT2D eigenvalue weighted by molar-refractivity contribution is -0.910. The van der Waals surface area contributed by atoms with Crippen LogP contribution in [0.25, 0.3) is 0 Å². The molecule has 0 bridgehead atoms. The first-order valence-corrected chi connectivity index (χ1v) is 20.5. The van der Waals surface area contributed by atoms with Crippen molar-refractivity contribution in [3.63, 3.8) is 0 Å². The van der Waals surface area contributed by atoms with Crippen molar-refractivity contribution in [3.8, 4) is 0 Å². The van der Waals surface area contributed by atoms with Gasteiger partial charge in [-0.3, -0.25) is 4.18 Å². The van der Waals surface area contributed by atoms with Gasteiger partial charge in [0, 0.05) is 0 Å². The maximum atomic E-state index is 10.1. The van der Waals surface area contributed by atoms with E-state index < -0.39 is 10.4 Å². The van der Waals surface area contributed by atoms with E-state index in [0.29, 0.717) is 6.42 Å². The molecule has 0 N–H and O–H groups in total. The molecule has 0 fully saturated rings. The average Bonchev–Trinajstić information content (AvgIpc) is 2.97. The van der Waals surface area contributed by atoms with Crippen LogP contribution >= 0.6 is 0 Å². The average molecular weight is 634 g/mol. The van der Waals surface area contributed by atoms with Crippen LogP contribution in [0.1, 0.15) is 207 Å². The van der Waals surface area contributed by atoms with Crippen LogP contribution in [-0.2, 0) is 14.6 Å². The zero-order chi connectivity index (χ0) is 32.3. The van der Waals surface area contributed by atoms with Crippen LogP contribution < -0.4 is 0 Å². The molecule has 6 heteroatoms. The van der Waals surface area contributed by atoms with Crippen molar-refractivity contribution in [2.24, 2.45) is 0 Å². The third kappa shape index (κ3) is 39.8. The van der Waals surface area contributed by atoms with Gasteiger partial charge in [-0.25, -0.2) is 8.42 Å². The van der Waals surface area contributed by atoms with E-state index in [2.05, 4.69) is 38.9 Å². The fraction of sp³-hybridized carbons (Fsp3) is 1.00. The molecule has 0 rings (SSSR count). The monoisotopic (exact) mass is 634 g/mol. The quantitative estimate of drug-likeness (QED) is 0.0312. The number of hydrogen-bond acceptors (Lipinski definition) is 4. The Balaban J connectivity index is 0. The first-order chi connectivity index (χ1) is 20.7. The zero-order valence-corrected chi connectivity index (χ0v) is 30.9. The van der Waals surface area contributed by atoms with E-state index in [1.807, 2.05) is 0 Å². The Bertz CT molecular complexity index is 585. The van der Waals surface area contributed by atoms with Gasteiger partial charge in [0.05, 0.1) is 33.3 Å². The highest BCUT2D eigenvalue weighted by Gasteiger charge is 2.20. The predicted octanol–water partition coefficient (Wildman–Crippen LogP) is 11.9. The Hall–Kier alpha value is -0.170. The molecule has 43 heavy (non-hydrogen) atoms. The summed E-state index contributed by atoms with van der Waals surface area (Å²) in [7, 11) is -1.92. The second-order valence-corrected chi connectivity index (χ2v) is 14.6. The highest BCUT2D eigenvalue weighted by Crippen LogP contribution is 2.16. The van der Waals surface area contributed by atoms with E-state index in [4.69, 9.17) is 0 Å². The molecule has 0 saturated carbocycles. The lowest BCUT2D eigenvalue weighted by atomic mass is 10.1. The lowest BCUT2D eigenvalue weighted by Gasteiger charge is -2.35. The van der Waals surface area contributed by atoms with Gasteiger partial charge in [0.1, 0.15) is 0 Å². The lowest BCUT2D eigenvalue weighted by Crippen LogP contribution is -2.46. The number of unbranched alkanes of at least 4 members (excludes halogenated alkanes) is 24. The minimum Gasteiger partial charge on any atom is -0.726 e. The van der Waals surface area contributed by atoms with Crippen molar-refractivity contribution >= 4 is 10.4 Å². The molecule has 0 saturated heterocycles. The van der Waals surface area contributed by atoms with Crippen molar-refractivity contribution < 1.29 is 21.6 Å². The second-order valence-electron chi connectivity index (χ2n) is 13.5. The van der Waals surface area contributed by atoms with Crippen molar-refractivity contribution in [1.82, 2.24) is 0 Å². The van der Waals surface area contributed by atoms with Gasteiger partial charge in [-0.1, -0.05) is 163 Å². The predicted molar refractivity (Wildman–Crippen MR) is 188 cm³/mol. The molecule has 262 valence electrons. The summed E-state index contributed by atoms with van der Waals surface area (Å²) < 4.78 is 35.8. The van der Waals surface area contributed by atoms with Gasteiger partial charge >= 0.3 is 0 Å². The molecular weight excluding hydrogens is 554 g/mol. The van der Waals surface area contributed by atoms with E-state index in [1.54, 1.807) is 0 Å². The topological polar surface area (TPSA) is 66.4 Å². The van der Waals surface area contributed by atoms with Crippen LogP contribution in [0.15, 0.2) is 0 Å². The molecule has 0 unspecified atom stereocenters. The highest BCUT2D eigenvalue weighted by molar-refractivity contribution is 7.80. The first kappa shape index (κ1) is 45.0. The Kier molecular flexibility index (Phi) is 36.3. The van der Waals surface area contributed by atoms with Crippen LogP contribution in [0, 0.1) is 0 Å². The summed E-state index contributed by atoms with van der Waals surface area (Å²) in [5.41, 5.74) is 0. The summed E-state index contributed by atoms with van der Waals surface area (Å²) in [4.78, 5) is 0. The Labute approximate surface area is 272 Å². The molecule has 0 atom stereocenters. The van der Waals surface area contributed by atoms with E-state index >= 15 is 0 Å². The van der Waals surface area contributed by atoms with Gasteiger partial charge in [-0.2, -0.15) is 0 Å². The maximum Gasteiger partial charge on any atom is 0.217 e. The van der Waals surface area contributed by atoms with Crippen LogP contribution in [0.4, 0.5) is 0 Å². The maximum absolute atomic E-state index is 10.1. The van der Waals surface area contributed by atoms with Crippen molar-refractivity contribution in [3.05, 3.63) is 0 Å². The van der Waals surface area contributed by atoms with E-state index in [9.17, 15) is 13.0 Å². The molecule has 0 amide bonds. The van der Waals surface area contributed by atoms with Crippen LogP contribution in [-0.4, -0.2) is 50.7 Å². The molecule has 0 heterocycles. The van der Waals surface area contributed by atoms with Gasteiger partial charge in [0.15, 0.2) is 0 Å². The Morgan fingerprint density at radius 2 is 0.651 bits per heavy atom. The van der Waals surface area contributed by atoms with E-state index in [-0.39, 0.29) is 6.61 Å². The van der Waals surface area contributed by atoms with Gasteiger partial charge in [0.2, 0.25) is 10.4 Å². The zero-order valence-electron chi connectivity index (χ0n) is 30.1. The van der Waals surface area contributed by atoms with Crippen LogP contribution in [0.2, 0.25) is 0 Å². The molecule has 0 aromatic heterocycles. The number of nitrogens with zero attached hydrogens (tertiary/aromatic N) is 1. The third-order valence-electron chi connectivity index (χ3n) is 8.88. The summed E-state index contributed by atoms with van der Waals surface area (Å²) >= 11 is 0. The van der Waals surface area contributed by atoms with Gasteiger partial charge in [-0.05, 0) is 44.9 Å². The minimum absolute atomic E-state index is 0.0301. The van der Waals surface area contributed by atoms with Crippen molar-refractivity contribution in [2.75, 3.05) is 33.3 Å². The van der Waals surface area contributed by atoms with Crippen LogP contribution in [0.3, 0.4) is 0 Å². The summed E-state index contributed by atoms with van der Waals surface area (Å²) in [5, 5.41) is 0. The van der Waals surface area contributed by atoms with Gasteiger partial charge in [-0.15, -0.1) is 0 Å². The number of rotatable bonds is 33. The standard InChI is InChI=1S/C25H54N.C12H26O4S/c1-5-8-11-14-17-20-23-26(4,24-21-18-15-12-9-6-2)25-22-19-16-13-10-7-3;1-2-3-4-5-6-7-8-9-10-11-12-16-17(13,14)15/h5-25H2,1-4H3;2-12H2,1H3,(H,13,14,15)/q+1;/p-1.